The number of carbonyl (C=O) groups excluding carboxylic acids is 1. The molecule has 110 valence electrons. The number of methoxy groups -OCH3 is 1. The Balaban J connectivity index is 2.06. The number of aliphatic hydroxyl groups excluding tert-OH is 1. The Morgan fingerprint density at radius 1 is 1.50 bits per heavy atom. The van der Waals surface area contributed by atoms with Gasteiger partial charge in [0, 0.05) is 13.1 Å². The SMILES string of the molecule is COc1cc(CO)cc(Br)c1OCC(=O)N(C)C1CC1. The first-order chi connectivity index (χ1) is 9.56. The average molecular weight is 344 g/mol. The van der Waals surface area contributed by atoms with Crippen molar-refractivity contribution in [1.82, 2.24) is 4.90 Å². The van der Waals surface area contributed by atoms with Crippen LogP contribution in [0.1, 0.15) is 18.4 Å². The van der Waals surface area contributed by atoms with Gasteiger partial charge in [0.05, 0.1) is 18.2 Å². The van der Waals surface area contributed by atoms with Crippen LogP contribution in [0.4, 0.5) is 0 Å². The van der Waals surface area contributed by atoms with Gasteiger partial charge in [0.15, 0.2) is 18.1 Å². The fraction of sp³-hybridized carbons (Fsp3) is 0.500. The Hall–Kier alpha value is -1.27. The van der Waals surface area contributed by atoms with Gasteiger partial charge in [-0.3, -0.25) is 4.79 Å². The van der Waals surface area contributed by atoms with Crippen LogP contribution in [0.2, 0.25) is 0 Å². The maximum absolute atomic E-state index is 11.9. The van der Waals surface area contributed by atoms with Crippen LogP contribution < -0.4 is 9.47 Å². The molecule has 1 aromatic carbocycles. The fourth-order valence-electron chi connectivity index (χ4n) is 1.91. The number of hydrogen-bond donors (Lipinski definition) is 1. The lowest BCUT2D eigenvalue weighted by Gasteiger charge is -2.18. The normalized spacial score (nSPS) is 14.0. The van der Waals surface area contributed by atoms with Crippen molar-refractivity contribution >= 4 is 21.8 Å². The third-order valence-corrected chi connectivity index (χ3v) is 3.89. The van der Waals surface area contributed by atoms with Gasteiger partial charge in [0.1, 0.15) is 0 Å². The molecule has 0 saturated heterocycles. The summed E-state index contributed by atoms with van der Waals surface area (Å²) >= 11 is 3.37. The second-order valence-corrected chi connectivity index (χ2v) is 5.65. The number of halogens is 1. The van der Waals surface area contributed by atoms with E-state index in [4.69, 9.17) is 14.6 Å². The molecule has 1 fully saturated rings. The zero-order valence-electron chi connectivity index (χ0n) is 11.6. The van der Waals surface area contributed by atoms with Crippen molar-refractivity contribution in [3.05, 3.63) is 22.2 Å². The molecule has 2 rings (SSSR count). The van der Waals surface area contributed by atoms with Crippen LogP contribution in [-0.2, 0) is 11.4 Å². The minimum atomic E-state index is -0.0847. The van der Waals surface area contributed by atoms with E-state index in [1.54, 1.807) is 24.1 Å². The molecule has 6 heteroatoms. The number of nitrogens with zero attached hydrogens (tertiary/aromatic N) is 1. The second-order valence-electron chi connectivity index (χ2n) is 4.79. The Bertz CT molecular complexity index is 502. The standard InChI is InChI=1S/C14H18BrNO4/c1-16(10-3-4-10)13(18)8-20-14-11(15)5-9(7-17)6-12(14)19-2/h5-6,10,17H,3-4,7-8H2,1-2H3. The molecular formula is C14H18BrNO4. The molecule has 0 bridgehead atoms. The van der Waals surface area contributed by atoms with E-state index in [-0.39, 0.29) is 19.1 Å². The number of hydrogen-bond acceptors (Lipinski definition) is 4. The lowest BCUT2D eigenvalue weighted by atomic mass is 10.2. The summed E-state index contributed by atoms with van der Waals surface area (Å²) in [5.74, 6) is 0.917. The van der Waals surface area contributed by atoms with Crippen molar-refractivity contribution in [2.75, 3.05) is 20.8 Å². The minimum Gasteiger partial charge on any atom is -0.493 e. The molecule has 0 spiro atoms. The quantitative estimate of drug-likeness (QED) is 0.857. The predicted molar refractivity (Wildman–Crippen MR) is 77.9 cm³/mol. The first kappa shape index (κ1) is 15.1. The van der Waals surface area contributed by atoms with Crippen molar-refractivity contribution in [3.63, 3.8) is 0 Å². The first-order valence-electron chi connectivity index (χ1n) is 6.42. The van der Waals surface area contributed by atoms with Crippen LogP contribution >= 0.6 is 15.9 Å². The van der Waals surface area contributed by atoms with Crippen molar-refractivity contribution in [2.24, 2.45) is 0 Å². The zero-order chi connectivity index (χ0) is 14.7. The van der Waals surface area contributed by atoms with Gasteiger partial charge in [-0.15, -0.1) is 0 Å². The summed E-state index contributed by atoms with van der Waals surface area (Å²) in [4.78, 5) is 13.7. The molecule has 0 atom stereocenters. The maximum atomic E-state index is 11.9. The van der Waals surface area contributed by atoms with E-state index >= 15 is 0 Å². The monoisotopic (exact) mass is 343 g/mol. The van der Waals surface area contributed by atoms with E-state index in [0.29, 0.717) is 27.6 Å². The van der Waals surface area contributed by atoms with E-state index in [1.165, 1.54) is 7.11 Å². The van der Waals surface area contributed by atoms with E-state index in [9.17, 15) is 4.79 Å². The molecule has 1 saturated carbocycles. The summed E-state index contributed by atoms with van der Waals surface area (Å²) in [5, 5.41) is 9.15. The molecule has 0 aromatic heterocycles. The number of aliphatic hydroxyl groups is 1. The van der Waals surface area contributed by atoms with Gasteiger partial charge in [-0.2, -0.15) is 0 Å². The third-order valence-electron chi connectivity index (χ3n) is 3.30. The minimum absolute atomic E-state index is 0.0273. The Labute approximate surface area is 126 Å². The van der Waals surface area contributed by atoms with Gasteiger partial charge < -0.3 is 19.5 Å². The van der Waals surface area contributed by atoms with Crippen molar-refractivity contribution in [3.8, 4) is 11.5 Å². The third kappa shape index (κ3) is 3.43. The summed E-state index contributed by atoms with van der Waals surface area (Å²) in [6.45, 7) is -0.112. The zero-order valence-corrected chi connectivity index (χ0v) is 13.1. The highest BCUT2D eigenvalue weighted by atomic mass is 79.9. The van der Waals surface area contributed by atoms with Crippen molar-refractivity contribution < 1.29 is 19.4 Å². The molecule has 20 heavy (non-hydrogen) atoms. The number of likely N-dealkylation sites (N-methyl/N-ethyl adjacent to an activating group) is 1. The summed E-state index contributed by atoms with van der Waals surface area (Å²) in [6, 6.07) is 3.80. The van der Waals surface area contributed by atoms with Crippen LogP contribution in [0.3, 0.4) is 0 Å². The van der Waals surface area contributed by atoms with Gasteiger partial charge in [0.2, 0.25) is 0 Å². The van der Waals surface area contributed by atoms with Gasteiger partial charge in [-0.05, 0) is 46.5 Å². The van der Waals surface area contributed by atoms with Gasteiger partial charge in [-0.1, -0.05) is 0 Å². The smallest absolute Gasteiger partial charge is 0.260 e. The molecule has 0 radical (unpaired) electrons. The number of carbonyl (C=O) groups is 1. The van der Waals surface area contributed by atoms with E-state index in [2.05, 4.69) is 15.9 Å². The van der Waals surface area contributed by atoms with Crippen LogP contribution in [0.5, 0.6) is 11.5 Å². The van der Waals surface area contributed by atoms with E-state index < -0.39 is 0 Å². The second kappa shape index (κ2) is 6.45. The molecular weight excluding hydrogens is 326 g/mol. The van der Waals surface area contributed by atoms with Crippen LogP contribution in [0.25, 0.3) is 0 Å². The fourth-order valence-corrected chi connectivity index (χ4v) is 2.51. The molecule has 0 aliphatic heterocycles. The molecule has 5 nitrogen and oxygen atoms in total. The highest BCUT2D eigenvalue weighted by molar-refractivity contribution is 9.10. The number of benzene rings is 1. The molecule has 1 amide bonds. The summed E-state index contributed by atoms with van der Waals surface area (Å²) in [6.07, 6.45) is 2.14. The first-order valence-corrected chi connectivity index (χ1v) is 7.21. The van der Waals surface area contributed by atoms with Crippen LogP contribution in [0, 0.1) is 0 Å². The summed E-state index contributed by atoms with van der Waals surface area (Å²) < 4.78 is 11.5. The molecule has 1 aliphatic rings. The molecule has 1 aliphatic carbocycles. The number of rotatable bonds is 6. The Kier molecular flexibility index (Phi) is 4.88. The average Bonchev–Trinajstić information content (AvgIpc) is 3.28. The molecule has 1 aromatic rings. The van der Waals surface area contributed by atoms with Crippen LogP contribution in [0.15, 0.2) is 16.6 Å². The van der Waals surface area contributed by atoms with Gasteiger partial charge >= 0.3 is 0 Å². The largest absolute Gasteiger partial charge is 0.493 e. The topological polar surface area (TPSA) is 59.0 Å². The molecule has 1 N–H and O–H groups in total. The Morgan fingerprint density at radius 3 is 2.75 bits per heavy atom. The van der Waals surface area contributed by atoms with Gasteiger partial charge in [-0.25, -0.2) is 0 Å². The predicted octanol–water partition coefficient (Wildman–Crippen LogP) is 1.95. The van der Waals surface area contributed by atoms with Crippen molar-refractivity contribution in [1.29, 1.82) is 0 Å². The van der Waals surface area contributed by atoms with Crippen LogP contribution in [-0.4, -0.2) is 42.7 Å². The Morgan fingerprint density at radius 2 is 2.20 bits per heavy atom. The molecule has 0 heterocycles. The number of amides is 1. The maximum Gasteiger partial charge on any atom is 0.260 e. The summed E-state index contributed by atoms with van der Waals surface area (Å²) in [7, 11) is 3.32. The lowest BCUT2D eigenvalue weighted by Crippen LogP contribution is -2.33. The lowest BCUT2D eigenvalue weighted by molar-refractivity contribution is -0.132. The molecule has 0 unspecified atom stereocenters. The highest BCUT2D eigenvalue weighted by Gasteiger charge is 2.29. The highest BCUT2D eigenvalue weighted by Crippen LogP contribution is 2.36. The van der Waals surface area contributed by atoms with Crippen molar-refractivity contribution in [2.45, 2.75) is 25.5 Å². The number of ether oxygens (including phenoxy) is 2. The van der Waals surface area contributed by atoms with Gasteiger partial charge in [0.25, 0.3) is 5.91 Å². The van der Waals surface area contributed by atoms with E-state index in [0.717, 1.165) is 12.8 Å². The van der Waals surface area contributed by atoms with E-state index in [1.807, 2.05) is 0 Å². The summed E-state index contributed by atoms with van der Waals surface area (Å²) in [5.41, 5.74) is 0.711.